The molecule has 2 rings (SSSR count). The average Bonchev–Trinajstić information content (AvgIpc) is 2.57. The molecule has 2 atom stereocenters. The highest BCUT2D eigenvalue weighted by atomic mass is 32.2. The van der Waals surface area contributed by atoms with Gasteiger partial charge in [-0.2, -0.15) is 4.31 Å². The van der Waals surface area contributed by atoms with Crippen LogP contribution in [0.5, 0.6) is 0 Å². The SMILES string of the molecule is CC(C)OCCOC(=O)c1cccc(S(=O)(=O)N2CC(C)OC(C)C2)c1. The Morgan fingerprint density at radius 1 is 1.23 bits per heavy atom. The number of hydrogen-bond acceptors (Lipinski definition) is 6. The summed E-state index contributed by atoms with van der Waals surface area (Å²) in [5.74, 6) is -0.571. The molecule has 0 radical (unpaired) electrons. The van der Waals surface area contributed by atoms with Crippen LogP contribution >= 0.6 is 0 Å². The minimum absolute atomic E-state index is 0.0560. The molecule has 1 fully saturated rings. The second-order valence-corrected chi connectivity index (χ2v) is 8.60. The quantitative estimate of drug-likeness (QED) is 0.528. The van der Waals surface area contributed by atoms with Crippen molar-refractivity contribution in [3.8, 4) is 0 Å². The third kappa shape index (κ3) is 5.51. The Hall–Kier alpha value is -1.48. The molecule has 1 aromatic rings. The van der Waals surface area contributed by atoms with Crippen LogP contribution in [0.4, 0.5) is 0 Å². The first-order valence-electron chi connectivity index (χ1n) is 8.74. The standard InChI is InChI=1S/C18H27NO6S/c1-13(2)23-8-9-24-18(20)16-6-5-7-17(10-16)26(21,22)19-11-14(3)25-15(4)12-19/h5-7,10,13-15H,8-9,11-12H2,1-4H3. The van der Waals surface area contributed by atoms with E-state index in [1.165, 1.54) is 22.5 Å². The number of benzene rings is 1. The molecule has 1 aliphatic rings. The van der Waals surface area contributed by atoms with E-state index in [-0.39, 0.29) is 48.5 Å². The molecule has 1 aliphatic heterocycles. The molecule has 0 bridgehead atoms. The van der Waals surface area contributed by atoms with Crippen LogP contribution in [0.15, 0.2) is 29.2 Å². The van der Waals surface area contributed by atoms with Gasteiger partial charge in [-0.05, 0) is 45.9 Å². The van der Waals surface area contributed by atoms with E-state index in [9.17, 15) is 13.2 Å². The number of nitrogens with zero attached hydrogens (tertiary/aromatic N) is 1. The topological polar surface area (TPSA) is 82.1 Å². The highest BCUT2D eigenvalue weighted by molar-refractivity contribution is 7.89. The lowest BCUT2D eigenvalue weighted by atomic mass is 10.2. The summed E-state index contributed by atoms with van der Waals surface area (Å²) in [6.45, 7) is 8.45. The monoisotopic (exact) mass is 385 g/mol. The third-order valence-electron chi connectivity index (χ3n) is 3.86. The number of rotatable bonds is 7. The predicted molar refractivity (Wildman–Crippen MR) is 96.6 cm³/mol. The van der Waals surface area contributed by atoms with E-state index in [0.29, 0.717) is 6.61 Å². The van der Waals surface area contributed by atoms with Gasteiger partial charge in [0.2, 0.25) is 10.0 Å². The molecule has 146 valence electrons. The summed E-state index contributed by atoms with van der Waals surface area (Å²) in [7, 11) is -3.70. The Balaban J connectivity index is 2.08. The van der Waals surface area contributed by atoms with E-state index >= 15 is 0 Å². The first-order chi connectivity index (χ1) is 12.2. The molecule has 0 amide bonds. The van der Waals surface area contributed by atoms with Gasteiger partial charge in [-0.15, -0.1) is 0 Å². The van der Waals surface area contributed by atoms with E-state index in [1.807, 2.05) is 27.7 Å². The lowest BCUT2D eigenvalue weighted by molar-refractivity contribution is -0.0440. The van der Waals surface area contributed by atoms with Gasteiger partial charge in [0.25, 0.3) is 0 Å². The van der Waals surface area contributed by atoms with E-state index in [4.69, 9.17) is 14.2 Å². The van der Waals surface area contributed by atoms with E-state index in [0.717, 1.165) is 0 Å². The molecule has 0 aliphatic carbocycles. The highest BCUT2D eigenvalue weighted by Gasteiger charge is 2.32. The lowest BCUT2D eigenvalue weighted by Crippen LogP contribution is -2.48. The summed E-state index contributed by atoms with van der Waals surface area (Å²) in [6.07, 6.45) is -0.300. The van der Waals surface area contributed by atoms with Crippen molar-refractivity contribution in [2.24, 2.45) is 0 Å². The van der Waals surface area contributed by atoms with Crippen molar-refractivity contribution in [3.05, 3.63) is 29.8 Å². The van der Waals surface area contributed by atoms with Gasteiger partial charge in [0.15, 0.2) is 0 Å². The van der Waals surface area contributed by atoms with Gasteiger partial charge in [-0.3, -0.25) is 0 Å². The average molecular weight is 385 g/mol. The van der Waals surface area contributed by atoms with Crippen LogP contribution in [0.3, 0.4) is 0 Å². The first-order valence-corrected chi connectivity index (χ1v) is 10.2. The minimum atomic E-state index is -3.70. The van der Waals surface area contributed by atoms with Gasteiger partial charge in [0, 0.05) is 13.1 Å². The van der Waals surface area contributed by atoms with E-state index in [1.54, 1.807) is 6.07 Å². The molecule has 2 unspecified atom stereocenters. The second kappa shape index (κ2) is 8.94. The molecule has 1 saturated heterocycles. The molecular formula is C18H27NO6S. The summed E-state index contributed by atoms with van der Waals surface area (Å²) >= 11 is 0. The number of morpholine rings is 1. The first kappa shape index (κ1) is 20.8. The van der Waals surface area contributed by atoms with Crippen LogP contribution in [0.1, 0.15) is 38.1 Å². The van der Waals surface area contributed by atoms with Gasteiger partial charge in [0.05, 0.1) is 35.4 Å². The van der Waals surface area contributed by atoms with Crippen molar-refractivity contribution in [3.63, 3.8) is 0 Å². The highest BCUT2D eigenvalue weighted by Crippen LogP contribution is 2.22. The molecule has 1 heterocycles. The fourth-order valence-electron chi connectivity index (χ4n) is 2.76. The number of esters is 1. The molecule has 1 aromatic carbocycles. The molecule has 0 aromatic heterocycles. The van der Waals surface area contributed by atoms with Gasteiger partial charge >= 0.3 is 5.97 Å². The Bertz CT molecular complexity index is 708. The zero-order valence-corrected chi connectivity index (χ0v) is 16.5. The number of ether oxygens (including phenoxy) is 3. The third-order valence-corrected chi connectivity index (χ3v) is 5.69. The van der Waals surface area contributed by atoms with E-state index in [2.05, 4.69) is 0 Å². The van der Waals surface area contributed by atoms with Crippen LogP contribution in [-0.2, 0) is 24.2 Å². The van der Waals surface area contributed by atoms with Gasteiger partial charge in [-0.1, -0.05) is 6.07 Å². The van der Waals surface area contributed by atoms with Crippen molar-refractivity contribution in [1.29, 1.82) is 0 Å². The van der Waals surface area contributed by atoms with E-state index < -0.39 is 16.0 Å². The molecular weight excluding hydrogens is 358 g/mol. The maximum Gasteiger partial charge on any atom is 0.338 e. The number of carbonyl (C=O) groups is 1. The number of carbonyl (C=O) groups excluding carboxylic acids is 1. The van der Waals surface area contributed by atoms with Crippen LogP contribution < -0.4 is 0 Å². The molecule has 7 nitrogen and oxygen atoms in total. The Labute approximate surface area is 155 Å². The molecule has 0 saturated carbocycles. The largest absolute Gasteiger partial charge is 0.460 e. The van der Waals surface area contributed by atoms with Crippen molar-refractivity contribution in [2.75, 3.05) is 26.3 Å². The fraction of sp³-hybridized carbons (Fsp3) is 0.611. The number of sulfonamides is 1. The summed E-state index contributed by atoms with van der Waals surface area (Å²) in [5.41, 5.74) is 0.199. The summed E-state index contributed by atoms with van der Waals surface area (Å²) < 4.78 is 43.2. The molecule has 0 spiro atoms. The van der Waals surface area contributed by atoms with Crippen molar-refractivity contribution < 1.29 is 27.4 Å². The molecule has 0 N–H and O–H groups in total. The van der Waals surface area contributed by atoms with Crippen molar-refractivity contribution in [2.45, 2.75) is 50.9 Å². The smallest absolute Gasteiger partial charge is 0.338 e. The summed E-state index contributed by atoms with van der Waals surface area (Å²) in [6, 6.07) is 5.92. The summed E-state index contributed by atoms with van der Waals surface area (Å²) in [5, 5.41) is 0. The maximum atomic E-state index is 12.9. The fourth-order valence-corrected chi connectivity index (χ4v) is 4.40. The van der Waals surface area contributed by atoms with Crippen molar-refractivity contribution in [1.82, 2.24) is 4.31 Å². The predicted octanol–water partition coefficient (Wildman–Crippen LogP) is 2.07. The number of hydrogen-bond donors (Lipinski definition) is 0. The van der Waals surface area contributed by atoms with Crippen LogP contribution in [0, 0.1) is 0 Å². The molecule has 26 heavy (non-hydrogen) atoms. The Kier molecular flexibility index (Phi) is 7.16. The van der Waals surface area contributed by atoms with Crippen molar-refractivity contribution >= 4 is 16.0 Å². The molecule has 8 heteroatoms. The van der Waals surface area contributed by atoms with Crippen LogP contribution in [0.25, 0.3) is 0 Å². The second-order valence-electron chi connectivity index (χ2n) is 6.66. The zero-order valence-electron chi connectivity index (χ0n) is 15.7. The normalized spacial score (nSPS) is 21.7. The minimum Gasteiger partial charge on any atom is -0.460 e. The maximum absolute atomic E-state index is 12.9. The van der Waals surface area contributed by atoms with Gasteiger partial charge in [0.1, 0.15) is 6.61 Å². The van der Waals surface area contributed by atoms with Crippen LogP contribution in [-0.4, -0.2) is 63.3 Å². The Morgan fingerprint density at radius 3 is 2.50 bits per heavy atom. The Morgan fingerprint density at radius 2 is 1.88 bits per heavy atom. The van der Waals surface area contributed by atoms with Gasteiger partial charge in [-0.25, -0.2) is 13.2 Å². The summed E-state index contributed by atoms with van der Waals surface area (Å²) in [4.78, 5) is 12.2. The van der Waals surface area contributed by atoms with Crippen LogP contribution in [0.2, 0.25) is 0 Å². The van der Waals surface area contributed by atoms with Gasteiger partial charge < -0.3 is 14.2 Å². The zero-order chi connectivity index (χ0) is 19.3. The lowest BCUT2D eigenvalue weighted by Gasteiger charge is -2.34.